The Morgan fingerprint density at radius 1 is 1.03 bits per heavy atom. The fourth-order valence-corrected chi connectivity index (χ4v) is 4.56. The largest absolute Gasteiger partial charge is 0.497 e. The Morgan fingerprint density at radius 3 is 2.59 bits per heavy atom. The number of thioether (sulfide) groups is 1. The van der Waals surface area contributed by atoms with Crippen molar-refractivity contribution in [1.82, 2.24) is 25.0 Å². The van der Waals surface area contributed by atoms with Gasteiger partial charge in [-0.25, -0.2) is 0 Å². The second-order valence-electron chi connectivity index (χ2n) is 7.87. The maximum atomic E-state index is 12.5. The summed E-state index contributed by atoms with van der Waals surface area (Å²) in [6.07, 6.45) is 2.48. The minimum absolute atomic E-state index is 0.0341. The summed E-state index contributed by atoms with van der Waals surface area (Å²) in [6, 6.07) is 18.0. The predicted molar refractivity (Wildman–Crippen MR) is 126 cm³/mol. The number of hydrogen-bond donors (Lipinski definition) is 1. The van der Waals surface area contributed by atoms with Crippen molar-refractivity contribution < 1.29 is 9.53 Å². The normalized spacial score (nSPS) is 13.9. The molecule has 1 fully saturated rings. The molecule has 0 aliphatic carbocycles. The molecule has 0 bridgehead atoms. The maximum Gasteiger partial charge on any atom is 0.230 e. The van der Waals surface area contributed by atoms with Crippen LogP contribution in [0.1, 0.15) is 29.8 Å². The Balaban J connectivity index is 1.39. The van der Waals surface area contributed by atoms with Crippen LogP contribution in [0.4, 0.5) is 0 Å². The van der Waals surface area contributed by atoms with E-state index in [1.54, 1.807) is 7.11 Å². The number of ether oxygens (including phenoxy) is 1. The lowest BCUT2D eigenvalue weighted by Gasteiger charge is -2.16. The zero-order valence-corrected chi connectivity index (χ0v) is 19.2. The van der Waals surface area contributed by atoms with Gasteiger partial charge < -0.3 is 14.6 Å². The van der Waals surface area contributed by atoms with E-state index in [0.29, 0.717) is 18.8 Å². The summed E-state index contributed by atoms with van der Waals surface area (Å²) in [7, 11) is 1.64. The van der Waals surface area contributed by atoms with E-state index in [2.05, 4.69) is 37.1 Å². The molecule has 2 aromatic carbocycles. The van der Waals surface area contributed by atoms with Crippen LogP contribution in [0.15, 0.2) is 59.8 Å². The molecule has 168 valence electrons. The van der Waals surface area contributed by atoms with Gasteiger partial charge in [-0.3, -0.25) is 9.69 Å². The zero-order valence-electron chi connectivity index (χ0n) is 18.4. The molecule has 32 heavy (non-hydrogen) atoms. The van der Waals surface area contributed by atoms with Crippen LogP contribution in [0.3, 0.4) is 0 Å². The summed E-state index contributed by atoms with van der Waals surface area (Å²) in [6.45, 7) is 4.17. The van der Waals surface area contributed by atoms with Crippen molar-refractivity contribution >= 4 is 17.7 Å². The van der Waals surface area contributed by atoms with Crippen LogP contribution in [0.25, 0.3) is 0 Å². The quantitative estimate of drug-likeness (QED) is 0.477. The number of nitrogens with zero attached hydrogens (tertiary/aromatic N) is 4. The lowest BCUT2D eigenvalue weighted by Crippen LogP contribution is -2.25. The molecule has 1 saturated heterocycles. The highest BCUT2D eigenvalue weighted by molar-refractivity contribution is 7.99. The fraction of sp³-hybridized carbons (Fsp3) is 0.375. The smallest absolute Gasteiger partial charge is 0.230 e. The Morgan fingerprint density at radius 2 is 1.81 bits per heavy atom. The molecule has 7 nitrogen and oxygen atoms in total. The average molecular weight is 452 g/mol. The number of hydrogen-bond acceptors (Lipinski definition) is 6. The van der Waals surface area contributed by atoms with Crippen LogP contribution in [0.5, 0.6) is 5.75 Å². The van der Waals surface area contributed by atoms with E-state index >= 15 is 0 Å². The predicted octanol–water partition coefficient (Wildman–Crippen LogP) is 3.34. The Hall–Kier alpha value is -2.84. The molecule has 0 unspecified atom stereocenters. The van der Waals surface area contributed by atoms with Gasteiger partial charge in [-0.1, -0.05) is 54.2 Å². The number of rotatable bonds is 10. The number of carbonyl (C=O) groups is 1. The first-order valence-corrected chi connectivity index (χ1v) is 11.9. The van der Waals surface area contributed by atoms with Gasteiger partial charge in [0.25, 0.3) is 0 Å². The van der Waals surface area contributed by atoms with Crippen molar-refractivity contribution in [2.75, 3.05) is 26.0 Å². The molecule has 4 rings (SSSR count). The van der Waals surface area contributed by atoms with E-state index in [0.717, 1.165) is 41.9 Å². The number of amides is 1. The number of benzene rings is 2. The molecule has 1 amide bonds. The van der Waals surface area contributed by atoms with Gasteiger partial charge in [0.05, 0.1) is 26.0 Å². The van der Waals surface area contributed by atoms with Crippen molar-refractivity contribution in [3.8, 4) is 5.75 Å². The molecule has 0 radical (unpaired) electrons. The van der Waals surface area contributed by atoms with Gasteiger partial charge in [-0.2, -0.15) is 0 Å². The highest BCUT2D eigenvalue weighted by atomic mass is 32.2. The third-order valence-electron chi connectivity index (χ3n) is 5.50. The summed E-state index contributed by atoms with van der Waals surface area (Å²) < 4.78 is 7.39. The summed E-state index contributed by atoms with van der Waals surface area (Å²) in [5.74, 6) is 1.99. The average Bonchev–Trinajstić information content (AvgIpc) is 3.48. The SMILES string of the molecule is COc1cccc(CNC(=O)CSc2nnc(CN3CCCC3)n2Cc2ccccc2)c1. The van der Waals surface area contributed by atoms with E-state index in [-0.39, 0.29) is 5.91 Å². The van der Waals surface area contributed by atoms with E-state index in [4.69, 9.17) is 4.74 Å². The first-order valence-electron chi connectivity index (χ1n) is 10.9. The first-order chi connectivity index (χ1) is 15.7. The summed E-state index contributed by atoms with van der Waals surface area (Å²) in [5, 5.41) is 12.6. The van der Waals surface area contributed by atoms with Crippen LogP contribution < -0.4 is 10.1 Å². The second-order valence-corrected chi connectivity index (χ2v) is 8.81. The molecule has 1 aromatic heterocycles. The van der Waals surface area contributed by atoms with Crippen molar-refractivity contribution in [3.05, 3.63) is 71.5 Å². The van der Waals surface area contributed by atoms with E-state index in [9.17, 15) is 4.79 Å². The summed E-state index contributed by atoms with van der Waals surface area (Å²) in [4.78, 5) is 14.9. The van der Waals surface area contributed by atoms with Crippen molar-refractivity contribution in [1.29, 1.82) is 0 Å². The monoisotopic (exact) mass is 451 g/mol. The molecule has 1 aliphatic rings. The molecule has 0 spiro atoms. The van der Waals surface area contributed by atoms with Crippen LogP contribution in [-0.4, -0.2) is 51.5 Å². The molecule has 0 saturated carbocycles. The number of likely N-dealkylation sites (tertiary alicyclic amines) is 1. The second kappa shape index (κ2) is 11.2. The molecule has 0 atom stereocenters. The number of nitrogens with one attached hydrogen (secondary N) is 1. The van der Waals surface area contributed by atoms with Gasteiger partial charge in [0.2, 0.25) is 5.91 Å². The van der Waals surface area contributed by atoms with E-state index in [1.807, 2.05) is 42.5 Å². The third kappa shape index (κ3) is 6.11. The van der Waals surface area contributed by atoms with E-state index < -0.39 is 0 Å². The lowest BCUT2D eigenvalue weighted by molar-refractivity contribution is -0.118. The van der Waals surface area contributed by atoms with Crippen LogP contribution in [0.2, 0.25) is 0 Å². The van der Waals surface area contributed by atoms with Gasteiger partial charge in [0.15, 0.2) is 5.16 Å². The minimum atomic E-state index is -0.0341. The maximum absolute atomic E-state index is 12.5. The van der Waals surface area contributed by atoms with Gasteiger partial charge in [0, 0.05) is 6.54 Å². The number of aromatic nitrogens is 3. The van der Waals surface area contributed by atoms with Crippen LogP contribution in [0, 0.1) is 0 Å². The Labute approximate surface area is 193 Å². The first kappa shape index (κ1) is 22.4. The molecular weight excluding hydrogens is 422 g/mol. The topological polar surface area (TPSA) is 72.3 Å². The molecule has 8 heteroatoms. The van der Waals surface area contributed by atoms with Crippen LogP contribution >= 0.6 is 11.8 Å². The summed E-state index contributed by atoms with van der Waals surface area (Å²) in [5.41, 5.74) is 2.20. The number of methoxy groups -OCH3 is 1. The number of carbonyl (C=O) groups excluding carboxylic acids is 1. The zero-order chi connectivity index (χ0) is 22.2. The lowest BCUT2D eigenvalue weighted by atomic mass is 10.2. The molecule has 3 aromatic rings. The van der Waals surface area contributed by atoms with Crippen LogP contribution in [-0.2, 0) is 24.4 Å². The van der Waals surface area contributed by atoms with Gasteiger partial charge >= 0.3 is 0 Å². The van der Waals surface area contributed by atoms with Gasteiger partial charge in [-0.15, -0.1) is 10.2 Å². The van der Waals surface area contributed by atoms with Gasteiger partial charge in [0.1, 0.15) is 11.6 Å². The Bertz CT molecular complexity index is 1020. The summed E-state index contributed by atoms with van der Waals surface area (Å²) >= 11 is 1.43. The van der Waals surface area contributed by atoms with Crippen molar-refractivity contribution in [2.24, 2.45) is 0 Å². The van der Waals surface area contributed by atoms with Gasteiger partial charge in [-0.05, 0) is 49.2 Å². The third-order valence-corrected chi connectivity index (χ3v) is 6.46. The molecule has 2 heterocycles. The van der Waals surface area contributed by atoms with E-state index in [1.165, 1.54) is 30.2 Å². The molecular formula is C24H29N5O2S. The standard InChI is InChI=1S/C24H29N5O2S/c1-31-21-11-7-10-20(14-21)15-25-23(30)18-32-24-27-26-22(17-28-12-5-6-13-28)29(24)16-19-8-3-2-4-9-19/h2-4,7-11,14H,5-6,12-13,15-18H2,1H3,(H,25,30). The Kier molecular flexibility index (Phi) is 7.79. The molecule has 1 N–H and O–H groups in total. The van der Waals surface area contributed by atoms with Crippen molar-refractivity contribution in [2.45, 2.75) is 37.6 Å². The van der Waals surface area contributed by atoms with Crippen molar-refractivity contribution in [3.63, 3.8) is 0 Å². The highest BCUT2D eigenvalue weighted by Gasteiger charge is 2.19. The highest BCUT2D eigenvalue weighted by Crippen LogP contribution is 2.21. The fourth-order valence-electron chi connectivity index (χ4n) is 3.77. The minimum Gasteiger partial charge on any atom is -0.497 e. The molecule has 1 aliphatic heterocycles.